The van der Waals surface area contributed by atoms with E-state index in [1.54, 1.807) is 0 Å². The molecule has 0 aromatic carbocycles. The Labute approximate surface area is 121 Å². The van der Waals surface area contributed by atoms with E-state index in [1.165, 1.54) is 12.8 Å². The average molecular weight is 240 g/mol. The minimum absolute atomic E-state index is 0. The van der Waals surface area contributed by atoms with Crippen LogP contribution in [0, 0.1) is 5.92 Å². The van der Waals surface area contributed by atoms with Crippen LogP contribution in [0.1, 0.15) is 52.4 Å². The maximum atomic E-state index is 10.0. The Morgan fingerprint density at radius 3 is 2.12 bits per heavy atom. The van der Waals surface area contributed by atoms with Gasteiger partial charge in [0.1, 0.15) is 0 Å². The Morgan fingerprint density at radius 1 is 1.25 bits per heavy atom. The summed E-state index contributed by atoms with van der Waals surface area (Å²) in [7, 11) is 0. The average Bonchev–Trinajstić information content (AvgIpc) is 2.69. The van der Waals surface area contributed by atoms with Crippen molar-refractivity contribution in [3.63, 3.8) is 0 Å². The first-order chi connectivity index (χ1) is 7.13. The molecule has 92 valence electrons. The van der Waals surface area contributed by atoms with Crippen LogP contribution >= 0.6 is 0 Å². The van der Waals surface area contributed by atoms with Gasteiger partial charge in [-0.2, -0.15) is 0 Å². The topological polar surface area (TPSA) is 46.5 Å². The predicted molar refractivity (Wildman–Crippen MR) is 68.1 cm³/mol. The molecule has 1 rings (SSSR count). The Kier molecular flexibility index (Phi) is 15.8. The zero-order valence-corrected chi connectivity index (χ0v) is 10.00. The van der Waals surface area contributed by atoms with Crippen molar-refractivity contribution < 1.29 is 14.6 Å². The Bertz CT molecular complexity index is 149. The van der Waals surface area contributed by atoms with Crippen LogP contribution in [-0.2, 0) is 9.53 Å². The van der Waals surface area contributed by atoms with E-state index >= 15 is 0 Å². The summed E-state index contributed by atoms with van der Waals surface area (Å²) >= 11 is 0. The van der Waals surface area contributed by atoms with E-state index in [1.807, 2.05) is 0 Å². The summed E-state index contributed by atoms with van der Waals surface area (Å²) in [5.41, 5.74) is 0. The second-order valence-corrected chi connectivity index (χ2v) is 4.35. The van der Waals surface area contributed by atoms with Gasteiger partial charge in [0.2, 0.25) is 0 Å². The van der Waals surface area contributed by atoms with Gasteiger partial charge in [0.15, 0.2) is 0 Å². The monoisotopic (exact) mass is 240 g/mol. The molecule has 0 saturated carbocycles. The first kappa shape index (κ1) is 18.8. The molecule has 0 atom stereocenters. The van der Waals surface area contributed by atoms with Crippen molar-refractivity contribution >= 4 is 35.5 Å². The Morgan fingerprint density at radius 2 is 1.81 bits per heavy atom. The normalized spacial score (nSPS) is 13.9. The van der Waals surface area contributed by atoms with E-state index < -0.39 is 5.97 Å². The van der Waals surface area contributed by atoms with Gasteiger partial charge in [-0.1, -0.05) is 26.7 Å². The van der Waals surface area contributed by atoms with Crippen molar-refractivity contribution in [2.24, 2.45) is 5.92 Å². The molecule has 16 heavy (non-hydrogen) atoms. The summed E-state index contributed by atoms with van der Waals surface area (Å²) in [4.78, 5) is 10.0. The molecule has 1 fully saturated rings. The van der Waals surface area contributed by atoms with Crippen LogP contribution in [0.15, 0.2) is 0 Å². The van der Waals surface area contributed by atoms with Gasteiger partial charge in [-0.3, -0.25) is 4.79 Å². The van der Waals surface area contributed by atoms with Crippen LogP contribution in [0.2, 0.25) is 0 Å². The number of hydrogen-bond acceptors (Lipinski definition) is 2. The molecule has 1 heterocycles. The third-order valence-corrected chi connectivity index (χ3v) is 2.25. The van der Waals surface area contributed by atoms with Gasteiger partial charge in [0.25, 0.3) is 0 Å². The van der Waals surface area contributed by atoms with Crippen LogP contribution < -0.4 is 0 Å². The minimum atomic E-state index is -0.677. The van der Waals surface area contributed by atoms with Gasteiger partial charge in [0, 0.05) is 19.6 Å². The van der Waals surface area contributed by atoms with E-state index in [9.17, 15) is 4.79 Å². The van der Waals surface area contributed by atoms with Crippen LogP contribution in [0.3, 0.4) is 0 Å². The second kappa shape index (κ2) is 13.5. The third kappa shape index (κ3) is 16.8. The summed E-state index contributed by atoms with van der Waals surface area (Å²) in [6, 6.07) is 0. The molecule has 1 N–H and O–H groups in total. The van der Waals surface area contributed by atoms with E-state index in [4.69, 9.17) is 9.84 Å². The predicted octanol–water partition coefficient (Wildman–Crippen LogP) is 2.44. The summed E-state index contributed by atoms with van der Waals surface area (Å²) in [5.74, 6) is 0.0255. The van der Waals surface area contributed by atoms with Crippen LogP contribution in [0.25, 0.3) is 0 Å². The van der Waals surface area contributed by atoms with Crippen LogP contribution in [0.4, 0.5) is 0 Å². The molecule has 0 spiro atoms. The standard InChI is InChI=1S/C8H16O2.C4H8O.Na.H/c1-7(2)5-3-4-6-8(9)10;1-2-4-5-3-1;;/h7H,3-6H2,1-2H3,(H,9,10);1-4H2;;. The molecule has 1 aliphatic heterocycles. The Balaban J connectivity index is 0. The molecular weight excluding hydrogens is 215 g/mol. The van der Waals surface area contributed by atoms with E-state index in [-0.39, 0.29) is 29.6 Å². The second-order valence-electron chi connectivity index (χ2n) is 4.35. The molecule has 0 bridgehead atoms. The SMILES string of the molecule is C1CCOC1.CC(C)CCCCC(=O)O.[NaH]. The molecule has 0 radical (unpaired) electrons. The number of carbonyl (C=O) groups is 1. The number of carboxylic acids is 1. The molecule has 0 aliphatic carbocycles. The fourth-order valence-corrected chi connectivity index (χ4v) is 1.34. The van der Waals surface area contributed by atoms with Gasteiger partial charge < -0.3 is 9.84 Å². The van der Waals surface area contributed by atoms with E-state index in [0.29, 0.717) is 12.3 Å². The van der Waals surface area contributed by atoms with Crippen molar-refractivity contribution in [2.45, 2.75) is 52.4 Å². The summed E-state index contributed by atoms with van der Waals surface area (Å²) < 4.78 is 4.94. The summed E-state index contributed by atoms with van der Waals surface area (Å²) in [6.45, 7) is 6.31. The van der Waals surface area contributed by atoms with E-state index in [2.05, 4.69) is 13.8 Å². The van der Waals surface area contributed by atoms with Gasteiger partial charge in [-0.05, 0) is 25.2 Å². The van der Waals surface area contributed by atoms with Gasteiger partial charge in [-0.25, -0.2) is 0 Å². The molecule has 0 amide bonds. The quantitative estimate of drug-likeness (QED) is 0.593. The van der Waals surface area contributed by atoms with Gasteiger partial charge in [-0.15, -0.1) is 0 Å². The third-order valence-electron chi connectivity index (χ3n) is 2.25. The molecule has 0 aromatic heterocycles. The molecule has 4 heteroatoms. The van der Waals surface area contributed by atoms with Crippen molar-refractivity contribution in [1.82, 2.24) is 0 Å². The number of carboxylic acid groups (broad SMARTS) is 1. The van der Waals surface area contributed by atoms with E-state index in [0.717, 1.165) is 32.5 Å². The van der Waals surface area contributed by atoms with Gasteiger partial charge in [0.05, 0.1) is 0 Å². The zero-order valence-electron chi connectivity index (χ0n) is 10.00. The fraction of sp³-hybridized carbons (Fsp3) is 0.917. The molecular formula is C12H25NaO3. The first-order valence-corrected chi connectivity index (χ1v) is 5.92. The molecule has 3 nitrogen and oxygen atoms in total. The molecule has 1 saturated heterocycles. The Hall–Kier alpha value is 0.430. The van der Waals surface area contributed by atoms with Crippen molar-refractivity contribution in [3.05, 3.63) is 0 Å². The number of hydrogen-bond donors (Lipinski definition) is 1. The van der Waals surface area contributed by atoms with Gasteiger partial charge >= 0.3 is 35.5 Å². The summed E-state index contributed by atoms with van der Waals surface area (Å²) in [5, 5.41) is 8.28. The number of rotatable bonds is 5. The first-order valence-electron chi connectivity index (χ1n) is 5.92. The van der Waals surface area contributed by atoms with Crippen LogP contribution in [0.5, 0.6) is 0 Å². The zero-order chi connectivity index (χ0) is 11.5. The number of aliphatic carboxylic acids is 1. The summed E-state index contributed by atoms with van der Waals surface area (Å²) in [6.07, 6.45) is 5.90. The van der Waals surface area contributed by atoms with Crippen LogP contribution in [-0.4, -0.2) is 53.8 Å². The number of unbranched alkanes of at least 4 members (excludes halogenated alkanes) is 1. The maximum absolute atomic E-state index is 10.0. The van der Waals surface area contributed by atoms with Crippen molar-refractivity contribution in [3.8, 4) is 0 Å². The number of ether oxygens (including phenoxy) is 1. The molecule has 1 aliphatic rings. The van der Waals surface area contributed by atoms with Crippen molar-refractivity contribution in [2.75, 3.05) is 13.2 Å². The molecule has 0 unspecified atom stereocenters. The fourth-order valence-electron chi connectivity index (χ4n) is 1.34. The molecule has 0 aromatic rings. The van der Waals surface area contributed by atoms with Crippen molar-refractivity contribution in [1.29, 1.82) is 0 Å².